The lowest BCUT2D eigenvalue weighted by Crippen LogP contribution is -2.10. The SMILES string of the molecule is C=C/C(=C\C1=C(/C)C/C=C\c2ncc(-c3cnn(C)c3)cc2C1=O)CCSNCc1cnsc1. The molecule has 3 aromatic rings. The van der Waals surface area contributed by atoms with Crippen molar-refractivity contribution in [3.8, 4) is 11.1 Å². The largest absolute Gasteiger partial charge is 0.289 e. The Hall–Kier alpha value is -3.07. The Morgan fingerprint density at radius 3 is 2.94 bits per heavy atom. The van der Waals surface area contributed by atoms with E-state index in [2.05, 4.69) is 31.8 Å². The van der Waals surface area contributed by atoms with Crippen LogP contribution in [-0.4, -0.2) is 30.7 Å². The minimum Gasteiger partial charge on any atom is -0.289 e. The van der Waals surface area contributed by atoms with E-state index in [1.165, 1.54) is 17.1 Å². The fourth-order valence-electron chi connectivity index (χ4n) is 3.61. The first-order chi connectivity index (χ1) is 16.5. The van der Waals surface area contributed by atoms with Crippen molar-refractivity contribution in [1.82, 2.24) is 23.9 Å². The summed E-state index contributed by atoms with van der Waals surface area (Å²) in [6.45, 7) is 6.79. The number of rotatable bonds is 9. The lowest BCUT2D eigenvalue weighted by Gasteiger charge is -2.14. The molecule has 3 heterocycles. The molecule has 0 aliphatic heterocycles. The maximum Gasteiger partial charge on any atom is 0.195 e. The molecule has 0 bridgehead atoms. The maximum absolute atomic E-state index is 13.7. The second-order valence-corrected chi connectivity index (χ2v) is 9.71. The third-order valence-corrected chi connectivity index (χ3v) is 6.94. The highest BCUT2D eigenvalue weighted by Gasteiger charge is 2.20. The molecule has 4 rings (SSSR count). The van der Waals surface area contributed by atoms with Crippen LogP contribution in [0.5, 0.6) is 0 Å². The monoisotopic (exact) mass is 489 g/mol. The number of nitrogens with zero attached hydrogens (tertiary/aromatic N) is 4. The smallest absolute Gasteiger partial charge is 0.195 e. The van der Waals surface area contributed by atoms with Crippen LogP contribution in [0.2, 0.25) is 0 Å². The first-order valence-corrected chi connectivity index (χ1v) is 12.8. The van der Waals surface area contributed by atoms with Crippen molar-refractivity contribution in [1.29, 1.82) is 0 Å². The molecule has 0 spiro atoms. The minimum absolute atomic E-state index is 0.00910. The van der Waals surface area contributed by atoms with Crippen molar-refractivity contribution in [2.24, 2.45) is 7.05 Å². The molecule has 8 heteroatoms. The Bertz CT molecular complexity index is 1270. The van der Waals surface area contributed by atoms with Gasteiger partial charge in [0.05, 0.1) is 11.9 Å². The molecular formula is C26H27N5OS2. The van der Waals surface area contributed by atoms with Crippen LogP contribution in [0.1, 0.15) is 41.4 Å². The molecule has 3 aromatic heterocycles. The van der Waals surface area contributed by atoms with Crippen molar-refractivity contribution in [3.63, 3.8) is 0 Å². The fourth-order valence-corrected chi connectivity index (χ4v) is 4.90. The van der Waals surface area contributed by atoms with Crippen molar-refractivity contribution in [2.75, 3.05) is 5.75 Å². The van der Waals surface area contributed by atoms with Crippen molar-refractivity contribution in [3.05, 3.63) is 94.6 Å². The first kappa shape index (κ1) is 24.1. The highest BCUT2D eigenvalue weighted by atomic mass is 32.2. The summed E-state index contributed by atoms with van der Waals surface area (Å²) in [5, 5.41) is 6.28. The fraction of sp³-hybridized carbons (Fsp3) is 0.231. The zero-order valence-electron chi connectivity index (χ0n) is 19.3. The van der Waals surface area contributed by atoms with Crippen molar-refractivity contribution in [2.45, 2.75) is 26.3 Å². The Labute approximate surface area is 208 Å². The van der Waals surface area contributed by atoms with Gasteiger partial charge in [-0.25, -0.2) is 4.37 Å². The zero-order valence-corrected chi connectivity index (χ0v) is 21.0. The molecule has 1 N–H and O–H groups in total. The predicted octanol–water partition coefficient (Wildman–Crippen LogP) is 5.80. The van der Waals surface area contributed by atoms with Gasteiger partial charge in [-0.15, -0.1) is 0 Å². The lowest BCUT2D eigenvalue weighted by atomic mass is 9.91. The molecule has 0 aromatic carbocycles. The van der Waals surface area contributed by atoms with E-state index < -0.39 is 0 Å². The van der Waals surface area contributed by atoms with Gasteiger partial charge in [-0.05, 0) is 60.7 Å². The van der Waals surface area contributed by atoms with Crippen LogP contribution in [0.15, 0.2) is 77.8 Å². The Balaban J connectivity index is 1.52. The van der Waals surface area contributed by atoms with E-state index in [1.54, 1.807) is 29.0 Å². The topological polar surface area (TPSA) is 72.7 Å². The van der Waals surface area contributed by atoms with Crippen molar-refractivity contribution >= 4 is 35.3 Å². The zero-order chi connectivity index (χ0) is 23.9. The molecule has 0 fully saturated rings. The Kier molecular flexibility index (Phi) is 8.05. The van der Waals surface area contributed by atoms with Gasteiger partial charge in [0.1, 0.15) is 0 Å². The van der Waals surface area contributed by atoms with E-state index in [0.29, 0.717) is 23.3 Å². The van der Waals surface area contributed by atoms with Crippen LogP contribution in [0, 0.1) is 0 Å². The van der Waals surface area contributed by atoms with Gasteiger partial charge in [0, 0.05) is 65.6 Å². The maximum atomic E-state index is 13.7. The summed E-state index contributed by atoms with van der Waals surface area (Å²) in [6.07, 6.45) is 16.7. The van der Waals surface area contributed by atoms with Gasteiger partial charge in [0.2, 0.25) is 0 Å². The summed E-state index contributed by atoms with van der Waals surface area (Å²) in [7, 11) is 1.87. The molecule has 174 valence electrons. The third-order valence-electron chi connectivity index (χ3n) is 5.55. The quantitative estimate of drug-likeness (QED) is 0.233. The van der Waals surface area contributed by atoms with Gasteiger partial charge in [-0.1, -0.05) is 36.3 Å². The highest BCUT2D eigenvalue weighted by Crippen LogP contribution is 2.28. The molecule has 0 radical (unpaired) electrons. The molecule has 6 nitrogen and oxygen atoms in total. The number of fused-ring (bicyclic) bond motifs is 1. The van der Waals surface area contributed by atoms with Gasteiger partial charge in [-0.3, -0.25) is 19.2 Å². The van der Waals surface area contributed by atoms with Crippen LogP contribution in [0.4, 0.5) is 0 Å². The Morgan fingerprint density at radius 2 is 2.21 bits per heavy atom. The average Bonchev–Trinajstić information content (AvgIpc) is 3.51. The predicted molar refractivity (Wildman–Crippen MR) is 141 cm³/mol. The number of allylic oxidation sites excluding steroid dienone is 6. The Morgan fingerprint density at radius 1 is 1.32 bits per heavy atom. The number of pyridine rings is 1. The number of hydrogen-bond donors (Lipinski definition) is 1. The average molecular weight is 490 g/mol. The summed E-state index contributed by atoms with van der Waals surface area (Å²) < 4.78 is 9.22. The van der Waals surface area contributed by atoms with Gasteiger partial charge in [-0.2, -0.15) is 5.10 Å². The second kappa shape index (κ2) is 11.4. The number of carbonyl (C=O) groups is 1. The molecule has 0 unspecified atom stereocenters. The minimum atomic E-state index is -0.00910. The van der Waals surface area contributed by atoms with E-state index >= 15 is 0 Å². The number of hydrogen-bond acceptors (Lipinski definition) is 7. The van der Waals surface area contributed by atoms with Crippen LogP contribution in [0.3, 0.4) is 0 Å². The van der Waals surface area contributed by atoms with E-state index in [0.717, 1.165) is 41.0 Å². The van der Waals surface area contributed by atoms with E-state index in [9.17, 15) is 4.79 Å². The van der Waals surface area contributed by atoms with E-state index in [4.69, 9.17) is 0 Å². The molecular weight excluding hydrogens is 462 g/mol. The number of nitrogens with one attached hydrogen (secondary N) is 1. The number of Topliss-reactive ketones (excluding diaryl/α,β-unsaturated/α-hetero) is 1. The van der Waals surface area contributed by atoms with E-state index in [-0.39, 0.29) is 5.78 Å². The molecule has 0 amide bonds. The third kappa shape index (κ3) is 5.88. The summed E-state index contributed by atoms with van der Waals surface area (Å²) >= 11 is 3.12. The van der Waals surface area contributed by atoms with E-state index in [1.807, 2.05) is 56.0 Å². The number of aryl methyl sites for hydroxylation is 1. The van der Waals surface area contributed by atoms with Crippen molar-refractivity contribution < 1.29 is 4.79 Å². The van der Waals surface area contributed by atoms with Gasteiger partial charge < -0.3 is 0 Å². The van der Waals surface area contributed by atoms with Crippen LogP contribution in [0.25, 0.3) is 17.2 Å². The molecule has 0 saturated carbocycles. The summed E-state index contributed by atoms with van der Waals surface area (Å²) in [6, 6.07) is 1.92. The summed E-state index contributed by atoms with van der Waals surface area (Å²) in [5.41, 5.74) is 7.08. The number of ketones is 1. The van der Waals surface area contributed by atoms with Crippen LogP contribution in [-0.2, 0) is 13.6 Å². The number of aromatic nitrogens is 4. The molecule has 0 atom stereocenters. The normalized spacial score (nSPS) is 17.2. The van der Waals surface area contributed by atoms with Gasteiger partial charge >= 0.3 is 0 Å². The van der Waals surface area contributed by atoms with Gasteiger partial charge in [0.15, 0.2) is 5.78 Å². The summed E-state index contributed by atoms with van der Waals surface area (Å²) in [5.74, 6) is 0.865. The standard InChI is InChI=1S/C26H27N5OS2/c1-4-19(8-9-33-29-12-20-13-30-34-17-20)10-23-18(2)6-5-7-25-24(26(23)32)11-21(14-27-25)22-15-28-31(3)16-22/h4-5,7,10-11,13-17,29H,1,6,8-9,12H2,2-3H3/b7-5-,19-10+,23-18-. The summed E-state index contributed by atoms with van der Waals surface area (Å²) in [4.78, 5) is 18.3. The number of carbonyl (C=O) groups excluding carboxylic acids is 1. The highest BCUT2D eigenvalue weighted by molar-refractivity contribution is 7.97. The molecule has 0 saturated heterocycles. The van der Waals surface area contributed by atoms with Gasteiger partial charge in [0.25, 0.3) is 0 Å². The van der Waals surface area contributed by atoms with Crippen LogP contribution >= 0.6 is 23.5 Å². The second-order valence-electron chi connectivity index (χ2n) is 8.06. The molecule has 1 aliphatic carbocycles. The first-order valence-electron chi connectivity index (χ1n) is 11.0. The lowest BCUT2D eigenvalue weighted by molar-refractivity contribution is 0.103. The van der Waals surface area contributed by atoms with Crippen LogP contribution < -0.4 is 4.72 Å². The molecule has 34 heavy (non-hydrogen) atoms. The molecule has 1 aliphatic rings.